The number of carbonyl (C=O) groups is 4. The van der Waals surface area contributed by atoms with Gasteiger partial charge in [0.1, 0.15) is 15.7 Å². The number of thiazole rings is 2. The molecule has 4 N–H and O–H groups in total. The summed E-state index contributed by atoms with van der Waals surface area (Å²) in [5.74, 6) is 0.145. The third-order valence-corrected chi connectivity index (χ3v) is 20.4. The van der Waals surface area contributed by atoms with Crippen LogP contribution in [0.15, 0.2) is 241 Å². The van der Waals surface area contributed by atoms with E-state index >= 15 is 0 Å². The molecule has 8 aromatic heterocycles. The quantitative estimate of drug-likeness (QED) is 0.0525. The van der Waals surface area contributed by atoms with Crippen LogP contribution in [-0.2, 0) is 50.9 Å². The van der Waals surface area contributed by atoms with Gasteiger partial charge in [0.25, 0.3) is 23.6 Å². The van der Waals surface area contributed by atoms with Crippen molar-refractivity contribution in [2.45, 2.75) is 64.7 Å². The fraction of sp³-hybridized carbons (Fsp3) is 0.123. The molecule has 0 saturated carbocycles. The minimum atomic E-state index is -4.39. The number of nitrogens with one attached hydrogen (secondary N) is 4. The number of alkyl halides is 12. The van der Waals surface area contributed by atoms with E-state index in [1.807, 2.05) is 97.2 Å². The fourth-order valence-corrected chi connectivity index (χ4v) is 14.0. The molecule has 116 heavy (non-hydrogen) atoms. The lowest BCUT2D eigenvalue weighted by molar-refractivity contribution is -0.138. The second kappa shape index (κ2) is 34.4. The summed E-state index contributed by atoms with van der Waals surface area (Å²) < 4.78 is 160. The lowest BCUT2D eigenvalue weighted by Crippen LogP contribution is -2.14. The van der Waals surface area contributed by atoms with Crippen molar-refractivity contribution < 1.29 is 71.9 Å². The Labute approximate surface area is 666 Å². The second-order valence-electron chi connectivity index (χ2n) is 25.6. The van der Waals surface area contributed by atoms with Gasteiger partial charge in [-0.3, -0.25) is 37.9 Å². The Balaban J connectivity index is 0.000000135. The molecule has 35 heteroatoms. The molecule has 8 aromatic carbocycles. The lowest BCUT2D eigenvalue weighted by atomic mass is 10.1. The number of fused-ring (bicyclic) bond motifs is 4. The smallest absolute Gasteiger partial charge is 0.304 e. The Morgan fingerprint density at radius 2 is 0.716 bits per heavy atom. The molecule has 0 unspecified atom stereocenters. The molecule has 16 aromatic rings. The van der Waals surface area contributed by atoms with Gasteiger partial charge < -0.3 is 21.3 Å². The van der Waals surface area contributed by atoms with Crippen molar-refractivity contribution in [2.75, 3.05) is 21.3 Å². The summed E-state index contributed by atoms with van der Waals surface area (Å²) in [6.45, 7) is 4.63. The number of hydrogen-bond acceptors (Lipinski definition) is 14. The maximum Gasteiger partial charge on any atom is 0.416 e. The molecule has 0 radical (unpaired) electrons. The molecule has 8 heterocycles. The summed E-state index contributed by atoms with van der Waals surface area (Å²) in [4.78, 5) is 63.2. The second-order valence-corrected chi connectivity index (χ2v) is 28.6. The molecule has 19 nitrogen and oxygen atoms in total. The van der Waals surface area contributed by atoms with E-state index in [1.54, 1.807) is 72.9 Å². The molecule has 16 rings (SSSR count). The molecule has 4 amide bonds. The Hall–Kier alpha value is -12.9. The fourth-order valence-electron chi connectivity index (χ4n) is 11.8. The van der Waals surface area contributed by atoms with Crippen LogP contribution in [0.1, 0.15) is 95.5 Å². The summed E-state index contributed by atoms with van der Waals surface area (Å²) in [6, 6.07) is 57.3. The molecular formula is C81H58ClF12N15O4S3. The highest BCUT2D eigenvalue weighted by molar-refractivity contribution is 7.12. The van der Waals surface area contributed by atoms with Crippen LogP contribution in [0.3, 0.4) is 0 Å². The summed E-state index contributed by atoms with van der Waals surface area (Å²) in [5, 5.41) is 36.1. The molecule has 590 valence electrons. The van der Waals surface area contributed by atoms with Crippen molar-refractivity contribution in [3.8, 4) is 0 Å². The molecule has 0 fully saturated rings. The predicted molar refractivity (Wildman–Crippen MR) is 420 cm³/mol. The number of aryl methyl sites for hydroxylation is 2. The summed E-state index contributed by atoms with van der Waals surface area (Å²) in [5.41, 5.74) is 6.05. The first-order valence-electron chi connectivity index (χ1n) is 34.6. The molecule has 0 aliphatic rings. The van der Waals surface area contributed by atoms with E-state index in [-0.39, 0.29) is 54.7 Å². The minimum absolute atomic E-state index is 0.142. The number of anilines is 4. The van der Waals surface area contributed by atoms with Crippen molar-refractivity contribution in [1.82, 2.24) is 54.1 Å². The Morgan fingerprint density at radius 1 is 0.371 bits per heavy atom. The maximum absolute atomic E-state index is 12.8. The number of carbonyl (C=O) groups excluding carboxylic acids is 4. The monoisotopic (exact) mass is 1660 g/mol. The van der Waals surface area contributed by atoms with E-state index in [4.69, 9.17) is 11.6 Å². The third-order valence-electron chi connectivity index (χ3n) is 17.5. The van der Waals surface area contributed by atoms with Crippen molar-refractivity contribution in [1.29, 1.82) is 0 Å². The van der Waals surface area contributed by atoms with Crippen molar-refractivity contribution in [2.24, 2.45) is 0 Å². The van der Waals surface area contributed by atoms with Crippen LogP contribution in [0.4, 0.5) is 76.0 Å². The number of halogens is 13. The molecule has 0 saturated heterocycles. The first-order chi connectivity index (χ1) is 55.4. The first kappa shape index (κ1) is 81.1. The number of amides is 4. The molecule has 0 spiro atoms. The van der Waals surface area contributed by atoms with E-state index in [0.29, 0.717) is 71.4 Å². The zero-order chi connectivity index (χ0) is 82.2. The van der Waals surface area contributed by atoms with Gasteiger partial charge in [0.2, 0.25) is 0 Å². The minimum Gasteiger partial charge on any atom is -0.304 e. The van der Waals surface area contributed by atoms with Gasteiger partial charge in [-0.15, -0.1) is 34.0 Å². The summed E-state index contributed by atoms with van der Waals surface area (Å²) in [7, 11) is 0. The number of benzene rings is 8. The molecule has 0 aliphatic heterocycles. The highest BCUT2D eigenvalue weighted by Crippen LogP contribution is 2.36. The highest BCUT2D eigenvalue weighted by Gasteiger charge is 2.33. The van der Waals surface area contributed by atoms with Gasteiger partial charge >= 0.3 is 24.7 Å². The zero-order valence-corrected chi connectivity index (χ0v) is 63.3. The number of aromatic nitrogens is 11. The number of pyridine rings is 1. The Bertz CT molecular complexity index is 6200. The van der Waals surface area contributed by atoms with Gasteiger partial charge in [0.15, 0.2) is 28.3 Å². The van der Waals surface area contributed by atoms with Crippen LogP contribution < -0.4 is 21.3 Å². The van der Waals surface area contributed by atoms with Crippen molar-refractivity contribution in [3.05, 3.63) is 322 Å². The number of thiophene rings is 1. The first-order valence-corrected chi connectivity index (χ1v) is 37.6. The molecular weight excluding hydrogens is 1610 g/mol. The average molecular weight is 1670 g/mol. The summed E-state index contributed by atoms with van der Waals surface area (Å²) >= 11 is 9.66. The lowest BCUT2D eigenvalue weighted by Gasteiger charge is -2.08. The largest absolute Gasteiger partial charge is 0.416 e. The normalized spacial score (nSPS) is 11.7. The summed E-state index contributed by atoms with van der Waals surface area (Å²) in [6.07, 6.45) is -17.5. The maximum atomic E-state index is 12.8. The van der Waals surface area contributed by atoms with Crippen LogP contribution in [0.5, 0.6) is 0 Å². The van der Waals surface area contributed by atoms with Crippen LogP contribution in [0.2, 0.25) is 5.15 Å². The van der Waals surface area contributed by atoms with E-state index < -0.39 is 52.9 Å². The van der Waals surface area contributed by atoms with Gasteiger partial charge in [-0.25, -0.2) is 15.0 Å². The van der Waals surface area contributed by atoms with Gasteiger partial charge in [-0.2, -0.15) is 73.1 Å². The van der Waals surface area contributed by atoms with Gasteiger partial charge in [0.05, 0.1) is 86.6 Å². The van der Waals surface area contributed by atoms with Crippen LogP contribution >= 0.6 is 45.6 Å². The zero-order valence-electron chi connectivity index (χ0n) is 60.1. The van der Waals surface area contributed by atoms with E-state index in [0.717, 1.165) is 92.5 Å². The Kier molecular flexibility index (Phi) is 24.1. The molecule has 0 aliphatic carbocycles. The van der Waals surface area contributed by atoms with Crippen LogP contribution in [0.25, 0.3) is 43.6 Å². The number of rotatable bonds is 16. The van der Waals surface area contributed by atoms with Crippen LogP contribution in [0, 0.1) is 13.8 Å². The van der Waals surface area contributed by atoms with Crippen molar-refractivity contribution >= 4 is 136 Å². The van der Waals surface area contributed by atoms with Gasteiger partial charge in [0, 0.05) is 32.6 Å². The molecule has 0 bridgehead atoms. The predicted octanol–water partition coefficient (Wildman–Crippen LogP) is 21.1. The number of hydrogen-bond donors (Lipinski definition) is 4. The SMILES string of the molecule is Cc1csc(C(=O)Nc2nn(Cc3ccc(C(F)(F)F)cc3)c3ccccc23)n1.Cc1ncsc1C(=O)Nc1nn(Cc2ccc(C(F)(F)F)cc2)c2ccccc12.O=C(Nc1nn(Cc2ccc(C(F)(F)F)cc2)c2ccccc12)c1cccc(Cl)n1.O=C(Nc1nn(Cc2ccc(C(F)(F)F)cc2)c2ccccc12)c1cccs1. The standard InChI is InChI=1S/C21H14ClF3N4O.2C20H15F3N4OS.C20H14F3N3OS/c22-18-7-3-5-16(26-18)20(30)27-19-15-4-1-2-6-17(15)29(28-19)12-13-8-10-14(11-9-13)21(23,24)25;1-12-17(29-11-24-12)19(28)25-18-15-4-2-3-5-16(15)27(26-18)10-13-6-8-14(9-7-13)20(21,22)23;1-12-11-29-19(24-12)18(28)25-17-15-4-2-3-5-16(15)27(26-17)10-13-6-8-14(9-7-13)20(21,22)23;21-20(22,23)14-9-7-13(8-10-14)12-26-16-5-2-1-4-15(16)18(25-26)24-19(27)17-6-3-11-28-17/h1-11H,12H2,(H,27,28,30);2*2-9,11H,10H2,1H3,(H,25,26,28);1-11H,12H2,(H,24,25,27). The highest BCUT2D eigenvalue weighted by atomic mass is 35.5. The van der Waals surface area contributed by atoms with Crippen molar-refractivity contribution in [3.63, 3.8) is 0 Å². The van der Waals surface area contributed by atoms with E-state index in [2.05, 4.69) is 56.6 Å². The Morgan fingerprint density at radius 3 is 1.03 bits per heavy atom. The van der Waals surface area contributed by atoms with Crippen LogP contribution in [-0.4, -0.2) is 77.7 Å². The van der Waals surface area contributed by atoms with E-state index in [9.17, 15) is 71.9 Å². The number of para-hydroxylation sites is 4. The van der Waals surface area contributed by atoms with Gasteiger partial charge in [-0.05, 0) is 157 Å². The topological polar surface area (TPSA) is 226 Å². The van der Waals surface area contributed by atoms with E-state index in [1.165, 1.54) is 88.6 Å². The average Bonchev–Trinajstić information content (AvgIpc) is 1.66. The third kappa shape index (κ3) is 19.6. The van der Waals surface area contributed by atoms with Gasteiger partial charge in [-0.1, -0.05) is 121 Å². The number of nitrogens with zero attached hydrogens (tertiary/aromatic N) is 11. The molecule has 0 atom stereocenters.